The standard InChI is InChI=1S/C4H9NO3S.ClH/c5-4(1-6)2-9(7,8)3-4;/h6H,1-3,5H2;1H. The van der Waals surface area contributed by atoms with Gasteiger partial charge in [0.2, 0.25) is 0 Å². The number of aliphatic hydroxyl groups excluding tert-OH is 1. The summed E-state index contributed by atoms with van der Waals surface area (Å²) in [6, 6.07) is 0. The summed E-state index contributed by atoms with van der Waals surface area (Å²) in [5.74, 6) is -0.146. The number of sulfone groups is 1. The summed E-state index contributed by atoms with van der Waals surface area (Å²) in [5, 5.41) is 8.49. The Kier molecular flexibility index (Phi) is 2.70. The molecule has 0 aromatic carbocycles. The van der Waals surface area contributed by atoms with Gasteiger partial charge < -0.3 is 10.8 Å². The molecule has 0 aromatic heterocycles. The van der Waals surface area contributed by atoms with Crippen molar-refractivity contribution in [2.75, 3.05) is 18.1 Å². The molecule has 0 spiro atoms. The van der Waals surface area contributed by atoms with Crippen LogP contribution in [0.2, 0.25) is 0 Å². The maximum absolute atomic E-state index is 10.5. The fraction of sp³-hybridized carbons (Fsp3) is 1.00. The van der Waals surface area contributed by atoms with Crippen LogP contribution in [-0.4, -0.2) is 37.2 Å². The summed E-state index contributed by atoms with van der Waals surface area (Å²) >= 11 is 0. The van der Waals surface area contributed by atoms with Gasteiger partial charge in [-0.15, -0.1) is 12.4 Å². The minimum absolute atomic E-state index is 0. The van der Waals surface area contributed by atoms with Crippen LogP contribution in [0, 0.1) is 0 Å². The van der Waals surface area contributed by atoms with Gasteiger partial charge >= 0.3 is 0 Å². The van der Waals surface area contributed by atoms with Gasteiger partial charge in [0.15, 0.2) is 9.84 Å². The molecule has 1 saturated heterocycles. The van der Waals surface area contributed by atoms with E-state index in [4.69, 9.17) is 10.8 Å². The third-order valence-electron chi connectivity index (χ3n) is 1.33. The summed E-state index contributed by atoms with van der Waals surface area (Å²) in [6.07, 6.45) is 0. The van der Waals surface area contributed by atoms with E-state index in [1.807, 2.05) is 0 Å². The molecule has 6 heteroatoms. The van der Waals surface area contributed by atoms with Crippen LogP contribution in [0.5, 0.6) is 0 Å². The van der Waals surface area contributed by atoms with Crippen molar-refractivity contribution in [3.63, 3.8) is 0 Å². The molecule has 1 aliphatic rings. The molecule has 0 aliphatic carbocycles. The average molecular weight is 188 g/mol. The van der Waals surface area contributed by atoms with E-state index in [0.717, 1.165) is 0 Å². The van der Waals surface area contributed by atoms with E-state index in [9.17, 15) is 8.42 Å². The topological polar surface area (TPSA) is 80.4 Å². The highest BCUT2D eigenvalue weighted by molar-refractivity contribution is 7.93. The van der Waals surface area contributed by atoms with Crippen LogP contribution < -0.4 is 5.73 Å². The number of nitrogens with two attached hydrogens (primary N) is 1. The molecule has 62 valence electrons. The molecule has 0 saturated carbocycles. The molecule has 0 unspecified atom stereocenters. The molecule has 1 rings (SSSR count). The average Bonchev–Trinajstić information content (AvgIpc) is 1.61. The molecular formula is C4H10ClNO3S. The molecule has 0 amide bonds. The lowest BCUT2D eigenvalue weighted by Gasteiger charge is -2.35. The normalized spacial score (nSPS) is 26.2. The molecular weight excluding hydrogens is 178 g/mol. The van der Waals surface area contributed by atoms with Crippen molar-refractivity contribution in [2.45, 2.75) is 5.54 Å². The highest BCUT2D eigenvalue weighted by atomic mass is 35.5. The van der Waals surface area contributed by atoms with Crippen molar-refractivity contribution < 1.29 is 13.5 Å². The van der Waals surface area contributed by atoms with E-state index in [0.29, 0.717) is 0 Å². The highest BCUT2D eigenvalue weighted by Crippen LogP contribution is 2.19. The van der Waals surface area contributed by atoms with Gasteiger partial charge in [0.1, 0.15) is 0 Å². The molecule has 10 heavy (non-hydrogen) atoms. The summed E-state index contributed by atoms with van der Waals surface area (Å²) in [4.78, 5) is 0. The van der Waals surface area contributed by atoms with Crippen LogP contribution in [0.15, 0.2) is 0 Å². The Morgan fingerprint density at radius 1 is 1.50 bits per heavy atom. The van der Waals surface area contributed by atoms with Gasteiger partial charge in [-0.25, -0.2) is 8.42 Å². The maximum atomic E-state index is 10.5. The van der Waals surface area contributed by atoms with Crippen molar-refractivity contribution in [3.05, 3.63) is 0 Å². The third kappa shape index (κ3) is 1.82. The summed E-state index contributed by atoms with van der Waals surface area (Å²) < 4.78 is 20.9. The van der Waals surface area contributed by atoms with Crippen molar-refractivity contribution in [1.82, 2.24) is 0 Å². The van der Waals surface area contributed by atoms with Gasteiger partial charge in [-0.2, -0.15) is 0 Å². The van der Waals surface area contributed by atoms with Crippen molar-refractivity contribution in [1.29, 1.82) is 0 Å². The first kappa shape index (κ1) is 10.2. The fourth-order valence-electron chi connectivity index (χ4n) is 0.925. The summed E-state index contributed by atoms with van der Waals surface area (Å²) in [6.45, 7) is -0.244. The second kappa shape index (κ2) is 2.65. The lowest BCUT2D eigenvalue weighted by atomic mass is 10.1. The lowest BCUT2D eigenvalue weighted by Crippen LogP contribution is -2.63. The minimum atomic E-state index is -2.89. The number of rotatable bonds is 1. The van der Waals surface area contributed by atoms with Gasteiger partial charge in [-0.05, 0) is 0 Å². The zero-order valence-corrected chi connectivity index (χ0v) is 6.91. The van der Waals surface area contributed by atoms with Crippen LogP contribution in [0.4, 0.5) is 0 Å². The van der Waals surface area contributed by atoms with E-state index < -0.39 is 15.4 Å². The first-order valence-corrected chi connectivity index (χ1v) is 4.40. The number of halogens is 1. The molecule has 3 N–H and O–H groups in total. The molecule has 0 aromatic rings. The second-order valence-electron chi connectivity index (χ2n) is 2.55. The van der Waals surface area contributed by atoms with Crippen LogP contribution in [0.25, 0.3) is 0 Å². The van der Waals surface area contributed by atoms with Crippen molar-refractivity contribution in [2.24, 2.45) is 5.73 Å². The Morgan fingerprint density at radius 3 is 2.00 bits per heavy atom. The Hall–Kier alpha value is 0.160. The number of aliphatic hydroxyl groups is 1. The minimum Gasteiger partial charge on any atom is -0.394 e. The van der Waals surface area contributed by atoms with Crippen LogP contribution >= 0.6 is 12.4 Å². The Labute approximate surface area is 65.7 Å². The molecule has 0 radical (unpaired) electrons. The smallest absolute Gasteiger partial charge is 0.154 e. The van der Waals surface area contributed by atoms with Crippen LogP contribution in [0.3, 0.4) is 0 Å². The van der Waals surface area contributed by atoms with Gasteiger partial charge in [0.25, 0.3) is 0 Å². The van der Waals surface area contributed by atoms with E-state index in [1.165, 1.54) is 0 Å². The molecule has 1 heterocycles. The van der Waals surface area contributed by atoms with Crippen molar-refractivity contribution >= 4 is 22.2 Å². The molecule has 1 fully saturated rings. The fourth-order valence-corrected chi connectivity index (χ4v) is 2.77. The first-order chi connectivity index (χ1) is 3.97. The monoisotopic (exact) mass is 187 g/mol. The molecule has 4 nitrogen and oxygen atoms in total. The predicted molar refractivity (Wildman–Crippen MR) is 39.9 cm³/mol. The van der Waals surface area contributed by atoms with Crippen LogP contribution in [0.1, 0.15) is 0 Å². The summed E-state index contributed by atoms with van der Waals surface area (Å²) in [5.41, 5.74) is 4.51. The zero-order valence-electron chi connectivity index (χ0n) is 5.28. The summed E-state index contributed by atoms with van der Waals surface area (Å²) in [7, 11) is -2.89. The predicted octanol–water partition coefficient (Wildman–Crippen LogP) is -1.47. The van der Waals surface area contributed by atoms with E-state index >= 15 is 0 Å². The van der Waals surface area contributed by atoms with Crippen molar-refractivity contribution in [3.8, 4) is 0 Å². The van der Waals surface area contributed by atoms with Gasteiger partial charge in [-0.3, -0.25) is 0 Å². The van der Waals surface area contributed by atoms with Gasteiger partial charge in [0, 0.05) is 0 Å². The molecule has 0 bridgehead atoms. The third-order valence-corrected chi connectivity index (χ3v) is 3.36. The quantitative estimate of drug-likeness (QED) is 0.525. The Balaban J connectivity index is 0.000000810. The SMILES string of the molecule is Cl.NC1(CO)CS(=O)(=O)C1. The Bertz CT molecular complexity index is 201. The number of hydrogen-bond donors (Lipinski definition) is 2. The number of hydrogen-bond acceptors (Lipinski definition) is 4. The van der Waals surface area contributed by atoms with E-state index in [2.05, 4.69) is 0 Å². The first-order valence-electron chi connectivity index (χ1n) is 2.58. The molecule has 0 atom stereocenters. The second-order valence-corrected chi connectivity index (χ2v) is 4.62. The van der Waals surface area contributed by atoms with Gasteiger partial charge in [0.05, 0.1) is 23.7 Å². The highest BCUT2D eigenvalue weighted by Gasteiger charge is 2.44. The lowest BCUT2D eigenvalue weighted by molar-refractivity contribution is 0.213. The van der Waals surface area contributed by atoms with Crippen LogP contribution in [-0.2, 0) is 9.84 Å². The van der Waals surface area contributed by atoms with E-state index in [1.54, 1.807) is 0 Å². The van der Waals surface area contributed by atoms with Gasteiger partial charge in [-0.1, -0.05) is 0 Å². The maximum Gasteiger partial charge on any atom is 0.154 e. The van der Waals surface area contributed by atoms with E-state index in [-0.39, 0.29) is 30.5 Å². The largest absolute Gasteiger partial charge is 0.394 e. The Morgan fingerprint density at radius 2 is 1.90 bits per heavy atom. The zero-order chi connectivity index (χ0) is 7.12. The molecule has 1 aliphatic heterocycles.